The smallest absolute Gasteiger partial charge is 0.349 e. The molecule has 0 heterocycles. The van der Waals surface area contributed by atoms with Gasteiger partial charge in [-0.3, -0.25) is 9.59 Å². The highest BCUT2D eigenvalue weighted by Gasteiger charge is 2.25. The van der Waals surface area contributed by atoms with Gasteiger partial charge in [0, 0.05) is 0 Å². The van der Waals surface area contributed by atoms with Gasteiger partial charge >= 0.3 is 11.9 Å². The van der Waals surface area contributed by atoms with Crippen molar-refractivity contribution in [2.45, 2.75) is 12.5 Å². The first kappa shape index (κ1) is 14.4. The van der Waals surface area contributed by atoms with Crippen molar-refractivity contribution in [2.24, 2.45) is 0 Å². The zero-order valence-corrected chi connectivity index (χ0v) is 8.62. The molecule has 17 heavy (non-hydrogen) atoms. The van der Waals surface area contributed by atoms with E-state index in [1.54, 1.807) is 6.07 Å². The van der Waals surface area contributed by atoms with E-state index >= 15 is 0 Å². The summed E-state index contributed by atoms with van der Waals surface area (Å²) in [5, 5.41) is 16.3. The van der Waals surface area contributed by atoms with E-state index in [2.05, 4.69) is 14.2 Å². The van der Waals surface area contributed by atoms with Crippen LogP contribution in [0.4, 0.5) is 0 Å². The largest absolute Gasteiger partial charge is 0.452 e. The van der Waals surface area contributed by atoms with Gasteiger partial charge in [0.05, 0.1) is 6.42 Å². The fourth-order valence-electron chi connectivity index (χ4n) is 0.773. The lowest BCUT2D eigenvalue weighted by molar-refractivity contribution is -0.165. The molecule has 0 bridgehead atoms. The van der Waals surface area contributed by atoms with E-state index in [0.29, 0.717) is 0 Å². The van der Waals surface area contributed by atoms with Gasteiger partial charge < -0.3 is 14.2 Å². The summed E-state index contributed by atoms with van der Waals surface area (Å²) >= 11 is 0. The standard InChI is InChI=1S/C9H8N2O6/c10-1-3-15-8(13)5-7(17-6-12)9(14)16-4-2-11/h6-7H,3-5H2. The van der Waals surface area contributed by atoms with Gasteiger partial charge in [-0.15, -0.1) is 0 Å². The van der Waals surface area contributed by atoms with Crippen LogP contribution in [0.2, 0.25) is 0 Å². The minimum atomic E-state index is -1.48. The highest BCUT2D eigenvalue weighted by atomic mass is 16.6. The molecule has 0 N–H and O–H groups in total. The quantitative estimate of drug-likeness (QED) is 0.316. The molecule has 0 aliphatic carbocycles. The van der Waals surface area contributed by atoms with Gasteiger partial charge in [0.1, 0.15) is 12.1 Å². The van der Waals surface area contributed by atoms with Crippen LogP contribution in [0.3, 0.4) is 0 Å². The Morgan fingerprint density at radius 3 is 2.29 bits per heavy atom. The molecule has 0 aliphatic heterocycles. The van der Waals surface area contributed by atoms with Crippen LogP contribution in [0.1, 0.15) is 6.42 Å². The number of nitriles is 2. The van der Waals surface area contributed by atoms with Crippen molar-refractivity contribution in [1.29, 1.82) is 10.5 Å². The van der Waals surface area contributed by atoms with Crippen LogP contribution in [-0.4, -0.2) is 37.7 Å². The molecular weight excluding hydrogens is 232 g/mol. The monoisotopic (exact) mass is 240 g/mol. The van der Waals surface area contributed by atoms with Crippen molar-refractivity contribution in [1.82, 2.24) is 0 Å². The maximum Gasteiger partial charge on any atom is 0.349 e. The molecule has 0 radical (unpaired) electrons. The van der Waals surface area contributed by atoms with Gasteiger partial charge in [-0.2, -0.15) is 10.5 Å². The van der Waals surface area contributed by atoms with E-state index in [9.17, 15) is 14.4 Å². The molecule has 0 aromatic heterocycles. The average molecular weight is 240 g/mol. The normalized spacial score (nSPS) is 10.2. The second-order valence-corrected chi connectivity index (χ2v) is 2.51. The number of nitrogens with zero attached hydrogens (tertiary/aromatic N) is 2. The third-order valence-electron chi connectivity index (χ3n) is 1.41. The van der Waals surface area contributed by atoms with Gasteiger partial charge in [-0.1, -0.05) is 0 Å². The van der Waals surface area contributed by atoms with Gasteiger partial charge in [-0.05, 0) is 0 Å². The average Bonchev–Trinajstić information content (AvgIpc) is 2.32. The number of hydrogen-bond acceptors (Lipinski definition) is 8. The zero-order valence-electron chi connectivity index (χ0n) is 8.62. The molecule has 0 amide bonds. The van der Waals surface area contributed by atoms with E-state index in [4.69, 9.17) is 10.5 Å². The van der Waals surface area contributed by atoms with Gasteiger partial charge in [0.15, 0.2) is 13.2 Å². The number of carbonyl (C=O) groups excluding carboxylic acids is 3. The van der Waals surface area contributed by atoms with Crippen LogP contribution in [0, 0.1) is 22.7 Å². The maximum atomic E-state index is 11.2. The second kappa shape index (κ2) is 8.68. The Labute approximate surface area is 96.3 Å². The molecule has 1 atom stereocenters. The lowest BCUT2D eigenvalue weighted by Gasteiger charge is -2.11. The van der Waals surface area contributed by atoms with Crippen molar-refractivity contribution in [2.75, 3.05) is 13.2 Å². The summed E-state index contributed by atoms with van der Waals surface area (Å²) in [7, 11) is 0. The molecule has 8 heteroatoms. The number of ether oxygens (including phenoxy) is 3. The van der Waals surface area contributed by atoms with E-state index in [0.717, 1.165) is 0 Å². The third kappa shape index (κ3) is 6.47. The Morgan fingerprint density at radius 1 is 1.18 bits per heavy atom. The Kier molecular flexibility index (Phi) is 7.35. The van der Waals surface area contributed by atoms with Crippen LogP contribution in [-0.2, 0) is 28.6 Å². The Hall–Kier alpha value is -2.61. The van der Waals surface area contributed by atoms with Crippen LogP contribution in [0.5, 0.6) is 0 Å². The summed E-state index contributed by atoms with van der Waals surface area (Å²) < 4.78 is 13.0. The molecule has 0 saturated heterocycles. The van der Waals surface area contributed by atoms with Crippen molar-refractivity contribution in [3.05, 3.63) is 0 Å². The van der Waals surface area contributed by atoms with Crippen LogP contribution < -0.4 is 0 Å². The number of carbonyl (C=O) groups is 3. The van der Waals surface area contributed by atoms with E-state index in [-0.39, 0.29) is 6.47 Å². The lowest BCUT2D eigenvalue weighted by atomic mass is 10.2. The summed E-state index contributed by atoms with van der Waals surface area (Å²) in [5.74, 6) is -1.93. The predicted molar refractivity (Wildman–Crippen MR) is 48.7 cm³/mol. The van der Waals surface area contributed by atoms with Gasteiger partial charge in [-0.25, -0.2) is 4.79 Å². The lowest BCUT2D eigenvalue weighted by Crippen LogP contribution is -2.29. The highest BCUT2D eigenvalue weighted by molar-refractivity contribution is 5.82. The molecule has 0 rings (SSSR count). The summed E-state index contributed by atoms with van der Waals surface area (Å²) in [6, 6.07) is 3.09. The molecule has 0 aromatic rings. The number of hydrogen-bond donors (Lipinski definition) is 0. The molecule has 90 valence electrons. The van der Waals surface area contributed by atoms with Crippen molar-refractivity contribution < 1.29 is 28.6 Å². The topological polar surface area (TPSA) is 126 Å². The molecule has 0 fully saturated rings. The van der Waals surface area contributed by atoms with E-state index < -0.39 is 37.7 Å². The van der Waals surface area contributed by atoms with Crippen molar-refractivity contribution in [3.63, 3.8) is 0 Å². The summed E-state index contributed by atoms with van der Waals surface area (Å²) in [6.45, 7) is -1.03. The molecule has 0 saturated carbocycles. The van der Waals surface area contributed by atoms with Crippen LogP contribution in [0.25, 0.3) is 0 Å². The fourth-order valence-corrected chi connectivity index (χ4v) is 0.773. The van der Waals surface area contributed by atoms with Crippen LogP contribution >= 0.6 is 0 Å². The maximum absolute atomic E-state index is 11.2. The first-order valence-electron chi connectivity index (χ1n) is 4.31. The van der Waals surface area contributed by atoms with Crippen molar-refractivity contribution >= 4 is 18.4 Å². The Morgan fingerprint density at radius 2 is 1.76 bits per heavy atom. The number of rotatable bonds is 7. The minimum absolute atomic E-state index is 0.0319. The Bertz CT molecular complexity index is 367. The third-order valence-corrected chi connectivity index (χ3v) is 1.41. The molecule has 1 unspecified atom stereocenters. The van der Waals surface area contributed by atoms with Gasteiger partial charge in [0.25, 0.3) is 6.47 Å². The van der Waals surface area contributed by atoms with Gasteiger partial charge in [0.2, 0.25) is 6.10 Å². The van der Waals surface area contributed by atoms with Crippen LogP contribution in [0.15, 0.2) is 0 Å². The van der Waals surface area contributed by atoms with E-state index in [1.165, 1.54) is 6.07 Å². The summed E-state index contributed by atoms with van der Waals surface area (Å²) in [5.41, 5.74) is 0. The summed E-state index contributed by atoms with van der Waals surface area (Å²) in [6.07, 6.45) is -2.06. The summed E-state index contributed by atoms with van der Waals surface area (Å²) in [4.78, 5) is 32.3. The van der Waals surface area contributed by atoms with Crippen molar-refractivity contribution in [3.8, 4) is 12.1 Å². The van der Waals surface area contributed by atoms with E-state index in [1.807, 2.05) is 0 Å². The Balaban J connectivity index is 4.28. The fraction of sp³-hybridized carbons (Fsp3) is 0.444. The molecule has 0 aliphatic rings. The zero-order chi connectivity index (χ0) is 13.1. The predicted octanol–water partition coefficient (Wildman–Crippen LogP) is -0.948. The molecular formula is C9H8N2O6. The first-order chi connectivity index (χ1) is 8.15. The highest BCUT2D eigenvalue weighted by Crippen LogP contribution is 2.02. The number of esters is 2. The molecule has 0 spiro atoms. The second-order valence-electron chi connectivity index (χ2n) is 2.51. The molecule has 0 aromatic carbocycles. The molecule has 8 nitrogen and oxygen atoms in total. The SMILES string of the molecule is N#CCOC(=O)CC(OC=O)C(=O)OCC#N. The first-order valence-corrected chi connectivity index (χ1v) is 4.31. The minimum Gasteiger partial charge on any atom is -0.452 e.